The predicted octanol–water partition coefficient (Wildman–Crippen LogP) is 1.37. The highest BCUT2D eigenvalue weighted by Gasteiger charge is 2.03. The smallest absolute Gasteiger partial charge is 0.269 e. The van der Waals surface area contributed by atoms with Crippen molar-refractivity contribution < 1.29 is 4.92 Å². The average molecular weight is 261 g/mol. The van der Waals surface area contributed by atoms with Gasteiger partial charge in [0.15, 0.2) is 0 Å². The van der Waals surface area contributed by atoms with Crippen LogP contribution in [0.3, 0.4) is 0 Å². The third-order valence-electron chi connectivity index (χ3n) is 2.69. The normalized spacial score (nSPS) is 10.5. The molecule has 0 unspecified atom stereocenters. The van der Waals surface area contributed by atoms with Gasteiger partial charge in [-0.25, -0.2) is 0 Å². The van der Waals surface area contributed by atoms with Crippen LogP contribution in [0, 0.1) is 10.1 Å². The maximum absolute atomic E-state index is 10.5. The number of hydrogen-bond donors (Lipinski definition) is 1. The molecule has 0 atom stereocenters. The number of nitro benzene ring substituents is 1. The SMILES string of the molecule is O=[N+]([O-])c1ccc(CNCCCn2ccnn2)cc1. The number of non-ortho nitro benzene ring substituents is 1. The van der Waals surface area contributed by atoms with Gasteiger partial charge in [0.05, 0.1) is 11.1 Å². The lowest BCUT2D eigenvalue weighted by molar-refractivity contribution is -0.384. The van der Waals surface area contributed by atoms with E-state index in [1.165, 1.54) is 12.1 Å². The van der Waals surface area contributed by atoms with Crippen LogP contribution in [-0.2, 0) is 13.1 Å². The Hall–Kier alpha value is -2.28. The van der Waals surface area contributed by atoms with Gasteiger partial charge >= 0.3 is 0 Å². The summed E-state index contributed by atoms with van der Waals surface area (Å²) >= 11 is 0. The van der Waals surface area contributed by atoms with E-state index in [2.05, 4.69) is 15.6 Å². The molecule has 0 aliphatic carbocycles. The molecular weight excluding hydrogens is 246 g/mol. The molecule has 0 spiro atoms. The first-order chi connectivity index (χ1) is 9.25. The number of nitrogens with one attached hydrogen (secondary N) is 1. The van der Waals surface area contributed by atoms with Gasteiger partial charge in [0.25, 0.3) is 5.69 Å². The van der Waals surface area contributed by atoms with Crippen molar-refractivity contribution >= 4 is 5.69 Å². The molecule has 2 rings (SSSR count). The molecule has 0 aliphatic rings. The van der Waals surface area contributed by atoms with E-state index >= 15 is 0 Å². The number of nitro groups is 1. The zero-order valence-electron chi connectivity index (χ0n) is 10.4. The van der Waals surface area contributed by atoms with E-state index in [4.69, 9.17) is 0 Å². The van der Waals surface area contributed by atoms with Crippen LogP contribution in [0.25, 0.3) is 0 Å². The fourth-order valence-corrected chi connectivity index (χ4v) is 1.69. The number of rotatable bonds is 7. The summed E-state index contributed by atoms with van der Waals surface area (Å²) in [6, 6.07) is 6.57. The average Bonchev–Trinajstić information content (AvgIpc) is 2.92. The third kappa shape index (κ3) is 4.14. The minimum Gasteiger partial charge on any atom is -0.313 e. The summed E-state index contributed by atoms with van der Waals surface area (Å²) in [7, 11) is 0. The molecule has 0 fully saturated rings. The topological polar surface area (TPSA) is 85.9 Å². The van der Waals surface area contributed by atoms with Crippen molar-refractivity contribution in [1.82, 2.24) is 20.3 Å². The largest absolute Gasteiger partial charge is 0.313 e. The predicted molar refractivity (Wildman–Crippen MR) is 69.4 cm³/mol. The molecule has 1 aromatic carbocycles. The van der Waals surface area contributed by atoms with E-state index < -0.39 is 4.92 Å². The van der Waals surface area contributed by atoms with Crippen LogP contribution < -0.4 is 5.32 Å². The van der Waals surface area contributed by atoms with Crippen LogP contribution in [0.5, 0.6) is 0 Å². The Kier molecular flexibility index (Phi) is 4.57. The second-order valence-electron chi connectivity index (χ2n) is 4.12. The third-order valence-corrected chi connectivity index (χ3v) is 2.69. The summed E-state index contributed by atoms with van der Waals surface area (Å²) in [5.41, 5.74) is 1.15. The lowest BCUT2D eigenvalue weighted by Crippen LogP contribution is -2.16. The highest BCUT2D eigenvalue weighted by Crippen LogP contribution is 2.11. The van der Waals surface area contributed by atoms with Gasteiger partial charge in [-0.1, -0.05) is 17.3 Å². The van der Waals surface area contributed by atoms with Gasteiger partial charge < -0.3 is 5.32 Å². The van der Waals surface area contributed by atoms with E-state index in [9.17, 15) is 10.1 Å². The van der Waals surface area contributed by atoms with E-state index in [0.717, 1.165) is 25.1 Å². The Morgan fingerprint density at radius 2 is 2.11 bits per heavy atom. The molecule has 0 amide bonds. The van der Waals surface area contributed by atoms with Crippen molar-refractivity contribution in [2.24, 2.45) is 0 Å². The molecule has 0 aliphatic heterocycles. The van der Waals surface area contributed by atoms with Crippen LogP contribution >= 0.6 is 0 Å². The van der Waals surface area contributed by atoms with Crippen molar-refractivity contribution in [2.75, 3.05) is 6.54 Å². The van der Waals surface area contributed by atoms with E-state index in [1.807, 2.05) is 6.20 Å². The highest BCUT2D eigenvalue weighted by molar-refractivity contribution is 5.32. The number of aromatic nitrogens is 3. The Labute approximate surface area is 110 Å². The number of nitrogens with zero attached hydrogens (tertiary/aromatic N) is 4. The van der Waals surface area contributed by atoms with Crippen molar-refractivity contribution in [3.8, 4) is 0 Å². The minimum atomic E-state index is -0.394. The van der Waals surface area contributed by atoms with Crippen LogP contribution in [0.1, 0.15) is 12.0 Å². The van der Waals surface area contributed by atoms with Gasteiger partial charge in [-0.05, 0) is 18.5 Å². The van der Waals surface area contributed by atoms with Gasteiger partial charge in [-0.2, -0.15) is 0 Å². The Bertz CT molecular complexity index is 509. The van der Waals surface area contributed by atoms with Crippen LogP contribution in [-0.4, -0.2) is 26.5 Å². The second kappa shape index (κ2) is 6.60. The number of hydrogen-bond acceptors (Lipinski definition) is 5. The summed E-state index contributed by atoms with van der Waals surface area (Å²) < 4.78 is 1.79. The van der Waals surface area contributed by atoms with E-state index in [-0.39, 0.29) is 5.69 Å². The van der Waals surface area contributed by atoms with Crippen molar-refractivity contribution in [3.05, 3.63) is 52.3 Å². The summed E-state index contributed by atoms with van der Waals surface area (Å²) in [6.45, 7) is 2.39. The van der Waals surface area contributed by atoms with Gasteiger partial charge in [0.2, 0.25) is 0 Å². The lowest BCUT2D eigenvalue weighted by atomic mass is 10.2. The van der Waals surface area contributed by atoms with E-state index in [0.29, 0.717) is 6.54 Å². The number of benzene rings is 1. The van der Waals surface area contributed by atoms with Crippen molar-refractivity contribution in [1.29, 1.82) is 0 Å². The molecule has 7 nitrogen and oxygen atoms in total. The molecule has 1 heterocycles. The summed E-state index contributed by atoms with van der Waals surface area (Å²) in [5.74, 6) is 0. The second-order valence-corrected chi connectivity index (χ2v) is 4.12. The van der Waals surface area contributed by atoms with E-state index in [1.54, 1.807) is 23.0 Å². The molecular formula is C12H15N5O2. The zero-order valence-corrected chi connectivity index (χ0v) is 10.4. The monoisotopic (exact) mass is 261 g/mol. The zero-order chi connectivity index (χ0) is 13.5. The van der Waals surface area contributed by atoms with Gasteiger partial charge in [-0.3, -0.25) is 14.8 Å². The Morgan fingerprint density at radius 1 is 1.32 bits per heavy atom. The van der Waals surface area contributed by atoms with Crippen molar-refractivity contribution in [3.63, 3.8) is 0 Å². The standard InChI is InChI=1S/C12H15N5O2/c18-17(19)12-4-2-11(3-5-12)10-13-6-1-8-16-9-7-14-15-16/h2-5,7,9,13H,1,6,8,10H2. The van der Waals surface area contributed by atoms with Crippen LogP contribution in [0.15, 0.2) is 36.7 Å². The summed E-state index contributed by atoms with van der Waals surface area (Å²) in [4.78, 5) is 10.1. The molecule has 1 N–H and O–H groups in total. The molecule has 0 saturated carbocycles. The summed E-state index contributed by atoms with van der Waals surface area (Å²) in [5, 5.41) is 21.4. The number of aryl methyl sites for hydroxylation is 1. The molecule has 2 aromatic rings. The molecule has 1 aromatic heterocycles. The molecule has 19 heavy (non-hydrogen) atoms. The molecule has 0 bridgehead atoms. The molecule has 100 valence electrons. The first-order valence-electron chi connectivity index (χ1n) is 6.04. The first kappa shape index (κ1) is 13.2. The quantitative estimate of drug-likeness (QED) is 0.462. The lowest BCUT2D eigenvalue weighted by Gasteiger charge is -2.04. The molecule has 0 radical (unpaired) electrons. The Morgan fingerprint density at radius 3 is 2.74 bits per heavy atom. The Balaban J connectivity index is 1.66. The van der Waals surface area contributed by atoms with Crippen LogP contribution in [0.4, 0.5) is 5.69 Å². The highest BCUT2D eigenvalue weighted by atomic mass is 16.6. The summed E-state index contributed by atoms with van der Waals surface area (Å²) in [6.07, 6.45) is 4.44. The van der Waals surface area contributed by atoms with Gasteiger partial charge in [-0.15, -0.1) is 5.10 Å². The minimum absolute atomic E-state index is 0.120. The molecule has 0 saturated heterocycles. The van der Waals surface area contributed by atoms with Crippen molar-refractivity contribution in [2.45, 2.75) is 19.5 Å². The van der Waals surface area contributed by atoms with Gasteiger partial charge in [0.1, 0.15) is 0 Å². The first-order valence-corrected chi connectivity index (χ1v) is 6.04. The maximum Gasteiger partial charge on any atom is 0.269 e. The van der Waals surface area contributed by atoms with Gasteiger partial charge in [0, 0.05) is 31.4 Å². The van der Waals surface area contributed by atoms with Crippen LogP contribution in [0.2, 0.25) is 0 Å². The molecule has 7 heteroatoms. The maximum atomic E-state index is 10.5. The fourth-order valence-electron chi connectivity index (χ4n) is 1.69. The fraction of sp³-hybridized carbons (Fsp3) is 0.333.